The molecule has 0 spiro atoms. The number of ether oxygens (including phenoxy) is 1. The highest BCUT2D eigenvalue weighted by molar-refractivity contribution is 9.10. The van der Waals surface area contributed by atoms with Crippen LogP contribution in [0.4, 0.5) is 0 Å². The summed E-state index contributed by atoms with van der Waals surface area (Å²) in [5.41, 5.74) is -0.654. The summed E-state index contributed by atoms with van der Waals surface area (Å²) in [7, 11) is -3.65. The molecule has 1 heterocycles. The maximum atomic E-state index is 12.8. The molecule has 1 aromatic heterocycles. The second-order valence-electron chi connectivity index (χ2n) is 4.90. The van der Waals surface area contributed by atoms with Crippen LogP contribution in [0.5, 0.6) is 0 Å². The number of benzene rings is 1. The lowest BCUT2D eigenvalue weighted by Gasteiger charge is -2.31. The second kappa shape index (κ2) is 7.46. The van der Waals surface area contributed by atoms with E-state index in [4.69, 9.17) is 4.74 Å². The third kappa shape index (κ3) is 4.23. The molecule has 1 unspecified atom stereocenters. The second-order valence-corrected chi connectivity index (χ2v) is 9.42. The van der Waals surface area contributed by atoms with Crippen LogP contribution >= 0.6 is 43.2 Å². The standard InChI is InChI=1S/C15H14Br2O4S2/c1-11(18)21-15(9-16,12-5-3-2-4-6-12)10-23(19,20)14-13(17)7-8-22-14/h2-8H,9-10H2,1H3. The van der Waals surface area contributed by atoms with Crippen molar-refractivity contribution < 1.29 is 17.9 Å². The average Bonchev–Trinajstić information content (AvgIpc) is 2.94. The van der Waals surface area contributed by atoms with Gasteiger partial charge < -0.3 is 4.74 Å². The topological polar surface area (TPSA) is 60.4 Å². The molecule has 0 bridgehead atoms. The molecule has 2 aromatic rings. The van der Waals surface area contributed by atoms with Crippen molar-refractivity contribution in [2.45, 2.75) is 16.7 Å². The fraction of sp³-hybridized carbons (Fsp3) is 0.267. The molecule has 0 radical (unpaired) electrons. The van der Waals surface area contributed by atoms with Crippen LogP contribution in [0.1, 0.15) is 12.5 Å². The Kier molecular flexibility index (Phi) is 6.05. The molecular weight excluding hydrogens is 468 g/mol. The van der Waals surface area contributed by atoms with Crippen LogP contribution in [0, 0.1) is 0 Å². The molecule has 8 heteroatoms. The Bertz CT molecular complexity index is 787. The first-order valence-electron chi connectivity index (χ1n) is 6.57. The highest BCUT2D eigenvalue weighted by atomic mass is 79.9. The zero-order valence-corrected chi connectivity index (χ0v) is 17.0. The van der Waals surface area contributed by atoms with E-state index in [0.717, 1.165) is 11.3 Å². The van der Waals surface area contributed by atoms with Crippen LogP contribution in [0.2, 0.25) is 0 Å². The van der Waals surface area contributed by atoms with Gasteiger partial charge in [0.1, 0.15) is 9.96 Å². The van der Waals surface area contributed by atoms with Gasteiger partial charge >= 0.3 is 5.97 Å². The summed E-state index contributed by atoms with van der Waals surface area (Å²) in [6.07, 6.45) is 0. The molecule has 0 fully saturated rings. The van der Waals surface area contributed by atoms with E-state index in [1.54, 1.807) is 35.7 Å². The molecular formula is C15H14Br2O4S2. The van der Waals surface area contributed by atoms with Crippen LogP contribution in [0.25, 0.3) is 0 Å². The molecule has 1 aromatic carbocycles. The van der Waals surface area contributed by atoms with Gasteiger partial charge in [0, 0.05) is 16.7 Å². The monoisotopic (exact) mass is 480 g/mol. The van der Waals surface area contributed by atoms with Crippen molar-refractivity contribution in [3.63, 3.8) is 0 Å². The number of sulfone groups is 1. The Morgan fingerprint density at radius 1 is 1.26 bits per heavy atom. The van der Waals surface area contributed by atoms with E-state index < -0.39 is 21.4 Å². The predicted octanol–water partition coefficient (Wildman–Crippen LogP) is 4.14. The summed E-state index contributed by atoms with van der Waals surface area (Å²) in [4.78, 5) is 11.6. The molecule has 124 valence electrons. The van der Waals surface area contributed by atoms with Crippen molar-refractivity contribution >= 4 is 59.0 Å². The zero-order chi connectivity index (χ0) is 17.1. The van der Waals surface area contributed by atoms with Gasteiger partial charge in [0.15, 0.2) is 15.4 Å². The van der Waals surface area contributed by atoms with Crippen LogP contribution in [-0.2, 0) is 25.0 Å². The normalized spacial score (nSPS) is 14.2. The lowest BCUT2D eigenvalue weighted by atomic mass is 9.98. The smallest absolute Gasteiger partial charge is 0.303 e. The Morgan fingerprint density at radius 3 is 2.39 bits per heavy atom. The minimum Gasteiger partial charge on any atom is -0.452 e. The van der Waals surface area contributed by atoms with Crippen molar-refractivity contribution in [2.24, 2.45) is 0 Å². The number of alkyl halides is 1. The molecule has 0 saturated carbocycles. The van der Waals surface area contributed by atoms with E-state index >= 15 is 0 Å². The van der Waals surface area contributed by atoms with Crippen LogP contribution < -0.4 is 0 Å². The number of rotatable bonds is 6. The summed E-state index contributed by atoms with van der Waals surface area (Å²) in [5, 5.41) is 1.87. The summed E-state index contributed by atoms with van der Waals surface area (Å²) >= 11 is 7.70. The molecule has 0 aliphatic heterocycles. The van der Waals surface area contributed by atoms with Crippen molar-refractivity contribution in [3.05, 3.63) is 51.8 Å². The van der Waals surface area contributed by atoms with Gasteiger partial charge in [-0.15, -0.1) is 11.3 Å². The van der Waals surface area contributed by atoms with Crippen molar-refractivity contribution in [3.8, 4) is 0 Å². The van der Waals surface area contributed by atoms with Gasteiger partial charge in [0.2, 0.25) is 0 Å². The third-order valence-corrected chi connectivity index (χ3v) is 8.62. The van der Waals surface area contributed by atoms with Gasteiger partial charge in [-0.25, -0.2) is 8.42 Å². The van der Waals surface area contributed by atoms with Gasteiger partial charge in [-0.1, -0.05) is 46.3 Å². The largest absolute Gasteiger partial charge is 0.452 e. The van der Waals surface area contributed by atoms with Gasteiger partial charge in [-0.3, -0.25) is 4.79 Å². The first-order chi connectivity index (χ1) is 10.8. The molecule has 0 aliphatic rings. The first kappa shape index (κ1) is 18.6. The first-order valence-corrected chi connectivity index (χ1v) is 11.0. The molecule has 2 rings (SSSR count). The van der Waals surface area contributed by atoms with Crippen molar-refractivity contribution in [1.29, 1.82) is 0 Å². The van der Waals surface area contributed by atoms with Gasteiger partial charge in [0.25, 0.3) is 0 Å². The highest BCUT2D eigenvalue weighted by Crippen LogP contribution is 2.36. The third-order valence-electron chi connectivity index (χ3n) is 3.14. The van der Waals surface area contributed by atoms with E-state index in [0.29, 0.717) is 10.0 Å². The lowest BCUT2D eigenvalue weighted by Crippen LogP contribution is -2.40. The van der Waals surface area contributed by atoms with E-state index in [2.05, 4.69) is 31.9 Å². The summed E-state index contributed by atoms with van der Waals surface area (Å²) in [5.74, 6) is -0.873. The number of carbonyl (C=O) groups is 1. The summed E-state index contributed by atoms with van der Waals surface area (Å²) < 4.78 is 31.8. The van der Waals surface area contributed by atoms with Crippen LogP contribution in [0.15, 0.2) is 50.5 Å². The zero-order valence-electron chi connectivity index (χ0n) is 12.2. The van der Waals surface area contributed by atoms with E-state index in [9.17, 15) is 13.2 Å². The number of halogens is 2. The summed E-state index contributed by atoms with van der Waals surface area (Å²) in [6, 6.07) is 10.6. The number of thiophene rings is 1. The fourth-order valence-electron chi connectivity index (χ4n) is 2.21. The molecule has 0 saturated heterocycles. The van der Waals surface area contributed by atoms with E-state index in [1.165, 1.54) is 6.92 Å². The lowest BCUT2D eigenvalue weighted by molar-refractivity contribution is -0.153. The summed E-state index contributed by atoms with van der Waals surface area (Å²) in [6.45, 7) is 1.27. The number of hydrogen-bond acceptors (Lipinski definition) is 5. The molecule has 0 amide bonds. The minimum atomic E-state index is -3.65. The van der Waals surface area contributed by atoms with Crippen molar-refractivity contribution in [1.82, 2.24) is 0 Å². The number of hydrogen-bond donors (Lipinski definition) is 0. The molecule has 1 atom stereocenters. The van der Waals surface area contributed by atoms with E-state index in [-0.39, 0.29) is 15.3 Å². The average molecular weight is 482 g/mol. The molecule has 0 N–H and O–H groups in total. The number of esters is 1. The Labute approximate surface area is 156 Å². The van der Waals surface area contributed by atoms with Crippen LogP contribution in [0.3, 0.4) is 0 Å². The Hall–Kier alpha value is -0.700. The van der Waals surface area contributed by atoms with Gasteiger partial charge in [0.05, 0.1) is 0 Å². The Balaban J connectivity index is 2.51. The molecule has 23 heavy (non-hydrogen) atoms. The maximum absolute atomic E-state index is 12.8. The van der Waals surface area contributed by atoms with Crippen LogP contribution in [-0.4, -0.2) is 25.5 Å². The predicted molar refractivity (Wildman–Crippen MR) is 97.8 cm³/mol. The molecule has 0 aliphatic carbocycles. The maximum Gasteiger partial charge on any atom is 0.303 e. The minimum absolute atomic E-state index is 0.172. The molecule has 4 nitrogen and oxygen atoms in total. The SMILES string of the molecule is CC(=O)OC(CBr)(CS(=O)(=O)c1sccc1Br)c1ccccc1. The van der Waals surface area contributed by atoms with Gasteiger partial charge in [-0.2, -0.15) is 0 Å². The Morgan fingerprint density at radius 2 is 1.91 bits per heavy atom. The highest BCUT2D eigenvalue weighted by Gasteiger charge is 2.41. The van der Waals surface area contributed by atoms with E-state index in [1.807, 2.05) is 6.07 Å². The quantitative estimate of drug-likeness (QED) is 0.459. The number of carbonyl (C=O) groups excluding carboxylic acids is 1. The van der Waals surface area contributed by atoms with Gasteiger partial charge in [-0.05, 0) is 32.9 Å². The van der Waals surface area contributed by atoms with Crippen molar-refractivity contribution in [2.75, 3.05) is 11.1 Å². The fourth-order valence-corrected chi connectivity index (χ4v) is 7.31.